The van der Waals surface area contributed by atoms with Crippen LogP contribution in [0.15, 0.2) is 0 Å². The fourth-order valence-electron chi connectivity index (χ4n) is 4.75. The second kappa shape index (κ2) is 2.96. The first-order chi connectivity index (χ1) is 6.66. The summed E-state index contributed by atoms with van der Waals surface area (Å²) in [5, 5.41) is 10.2. The SMILES string of the molecule is CC(N)C1[C@@H]2C[C@H]3C[C@@H](C2)[C@H](O)[C@@H]1C3. The highest BCUT2D eigenvalue weighted by Gasteiger charge is 2.53. The lowest BCUT2D eigenvalue weighted by molar-refractivity contribution is -0.134. The molecule has 0 aromatic rings. The Kier molecular flexibility index (Phi) is 1.94. The summed E-state index contributed by atoms with van der Waals surface area (Å²) in [5.41, 5.74) is 6.07. The Morgan fingerprint density at radius 1 is 1.14 bits per heavy atom. The van der Waals surface area contributed by atoms with Crippen LogP contribution < -0.4 is 5.73 Å². The Balaban J connectivity index is 1.89. The van der Waals surface area contributed by atoms with Gasteiger partial charge in [0.05, 0.1) is 6.10 Å². The van der Waals surface area contributed by atoms with Gasteiger partial charge in [0.25, 0.3) is 0 Å². The monoisotopic (exact) mass is 195 g/mol. The summed E-state index contributed by atoms with van der Waals surface area (Å²) < 4.78 is 0. The molecule has 2 unspecified atom stereocenters. The van der Waals surface area contributed by atoms with Crippen molar-refractivity contribution in [2.75, 3.05) is 0 Å². The van der Waals surface area contributed by atoms with Crippen molar-refractivity contribution >= 4 is 0 Å². The van der Waals surface area contributed by atoms with Gasteiger partial charge < -0.3 is 10.8 Å². The van der Waals surface area contributed by atoms with Gasteiger partial charge in [0.1, 0.15) is 0 Å². The third kappa shape index (κ3) is 1.10. The van der Waals surface area contributed by atoms with Gasteiger partial charge in [-0.15, -0.1) is 0 Å². The number of aliphatic hydroxyl groups is 1. The summed E-state index contributed by atoms with van der Waals surface area (Å²) in [6.07, 6.45) is 5.16. The van der Waals surface area contributed by atoms with Crippen molar-refractivity contribution in [3.63, 3.8) is 0 Å². The van der Waals surface area contributed by atoms with Gasteiger partial charge >= 0.3 is 0 Å². The fraction of sp³-hybridized carbons (Fsp3) is 1.00. The van der Waals surface area contributed by atoms with E-state index in [-0.39, 0.29) is 12.1 Å². The van der Waals surface area contributed by atoms with Crippen LogP contribution in [0.25, 0.3) is 0 Å². The second-order valence-corrected chi connectivity index (χ2v) is 5.92. The van der Waals surface area contributed by atoms with Crippen LogP contribution >= 0.6 is 0 Å². The van der Waals surface area contributed by atoms with Crippen LogP contribution in [-0.4, -0.2) is 17.3 Å². The van der Waals surface area contributed by atoms with Crippen molar-refractivity contribution in [2.24, 2.45) is 35.3 Å². The van der Waals surface area contributed by atoms with Crippen molar-refractivity contribution in [3.05, 3.63) is 0 Å². The van der Waals surface area contributed by atoms with E-state index >= 15 is 0 Å². The Morgan fingerprint density at radius 2 is 1.86 bits per heavy atom. The molecule has 0 amide bonds. The predicted octanol–water partition coefficient (Wildman–Crippen LogP) is 1.38. The molecule has 4 bridgehead atoms. The van der Waals surface area contributed by atoms with Crippen LogP contribution in [0, 0.1) is 29.6 Å². The molecule has 7 atom stereocenters. The maximum absolute atomic E-state index is 10.2. The van der Waals surface area contributed by atoms with Gasteiger partial charge in [0.15, 0.2) is 0 Å². The maximum Gasteiger partial charge on any atom is 0.0600 e. The largest absolute Gasteiger partial charge is 0.393 e. The number of hydrogen-bond donors (Lipinski definition) is 2. The molecule has 0 aromatic heterocycles. The van der Waals surface area contributed by atoms with Crippen LogP contribution in [-0.2, 0) is 0 Å². The molecular formula is C12H21NO. The highest BCUT2D eigenvalue weighted by Crippen LogP contribution is 2.57. The Labute approximate surface area is 85.9 Å². The van der Waals surface area contributed by atoms with Crippen LogP contribution in [0.2, 0.25) is 0 Å². The molecule has 80 valence electrons. The molecule has 14 heavy (non-hydrogen) atoms. The highest BCUT2D eigenvalue weighted by molar-refractivity contribution is 5.04. The van der Waals surface area contributed by atoms with E-state index in [1.54, 1.807) is 0 Å². The molecule has 0 aliphatic heterocycles. The lowest BCUT2D eigenvalue weighted by atomic mass is 9.49. The van der Waals surface area contributed by atoms with Gasteiger partial charge in [-0.2, -0.15) is 0 Å². The van der Waals surface area contributed by atoms with Crippen LogP contribution in [0.5, 0.6) is 0 Å². The third-order valence-corrected chi connectivity index (χ3v) is 5.05. The summed E-state index contributed by atoms with van der Waals surface area (Å²) >= 11 is 0. The number of rotatable bonds is 1. The fourth-order valence-corrected chi connectivity index (χ4v) is 4.75. The van der Waals surface area contributed by atoms with E-state index in [4.69, 9.17) is 5.73 Å². The standard InChI is InChI=1S/C12H21NO/c1-6(13)11-8-2-7-3-9(5-8)12(14)10(11)4-7/h6-12,14H,2-5,13H2,1H3/t6?,7-,8+,9-,10+,11?,12-/m0/s1. The average molecular weight is 195 g/mol. The van der Waals surface area contributed by atoms with E-state index in [2.05, 4.69) is 6.92 Å². The Morgan fingerprint density at radius 3 is 2.57 bits per heavy atom. The maximum atomic E-state index is 10.2. The quantitative estimate of drug-likeness (QED) is 0.664. The zero-order valence-electron chi connectivity index (χ0n) is 8.89. The van der Waals surface area contributed by atoms with Gasteiger partial charge in [0.2, 0.25) is 0 Å². The lowest BCUT2D eigenvalue weighted by Gasteiger charge is -2.58. The summed E-state index contributed by atoms with van der Waals surface area (Å²) in [4.78, 5) is 0. The summed E-state index contributed by atoms with van der Waals surface area (Å²) in [7, 11) is 0. The number of nitrogens with two attached hydrogens (primary N) is 1. The van der Waals surface area contributed by atoms with Gasteiger partial charge in [-0.25, -0.2) is 0 Å². The minimum absolute atomic E-state index is 0.0289. The smallest absolute Gasteiger partial charge is 0.0600 e. The minimum atomic E-state index is -0.0289. The molecular weight excluding hydrogens is 174 g/mol. The second-order valence-electron chi connectivity index (χ2n) is 5.92. The van der Waals surface area contributed by atoms with Crippen LogP contribution in [0.1, 0.15) is 32.6 Å². The van der Waals surface area contributed by atoms with Gasteiger partial charge in [0, 0.05) is 6.04 Å². The molecule has 2 nitrogen and oxygen atoms in total. The Hall–Kier alpha value is -0.0800. The minimum Gasteiger partial charge on any atom is -0.393 e. The topological polar surface area (TPSA) is 46.2 Å². The van der Waals surface area contributed by atoms with Crippen molar-refractivity contribution in [1.29, 1.82) is 0 Å². The summed E-state index contributed by atoms with van der Waals surface area (Å²) in [6.45, 7) is 2.12. The van der Waals surface area contributed by atoms with Gasteiger partial charge in [-0.3, -0.25) is 0 Å². The van der Waals surface area contributed by atoms with Crippen molar-refractivity contribution < 1.29 is 5.11 Å². The van der Waals surface area contributed by atoms with Gasteiger partial charge in [-0.1, -0.05) is 0 Å². The van der Waals surface area contributed by atoms with E-state index in [9.17, 15) is 5.11 Å². The van der Waals surface area contributed by atoms with E-state index in [1.165, 1.54) is 25.7 Å². The van der Waals surface area contributed by atoms with Gasteiger partial charge in [-0.05, 0) is 62.2 Å². The molecule has 0 radical (unpaired) electrons. The molecule has 4 saturated carbocycles. The zero-order valence-corrected chi connectivity index (χ0v) is 8.89. The summed E-state index contributed by atoms with van der Waals surface area (Å²) in [5.74, 6) is 3.51. The van der Waals surface area contributed by atoms with Crippen LogP contribution in [0.3, 0.4) is 0 Å². The lowest BCUT2D eigenvalue weighted by Crippen LogP contribution is -2.57. The first-order valence-corrected chi connectivity index (χ1v) is 6.10. The molecule has 4 aliphatic rings. The van der Waals surface area contributed by atoms with Crippen molar-refractivity contribution in [1.82, 2.24) is 0 Å². The molecule has 4 fully saturated rings. The molecule has 0 saturated heterocycles. The van der Waals surface area contributed by atoms with E-state index < -0.39 is 0 Å². The Bertz CT molecular complexity index is 240. The number of hydrogen-bond acceptors (Lipinski definition) is 2. The molecule has 0 heterocycles. The summed E-state index contributed by atoms with van der Waals surface area (Å²) in [6, 6.07) is 0.277. The normalized spacial score (nSPS) is 57.6. The van der Waals surface area contributed by atoms with Crippen molar-refractivity contribution in [2.45, 2.75) is 44.8 Å². The van der Waals surface area contributed by atoms with E-state index in [1.807, 2.05) is 0 Å². The van der Waals surface area contributed by atoms with Crippen molar-refractivity contribution in [3.8, 4) is 0 Å². The first-order valence-electron chi connectivity index (χ1n) is 6.10. The molecule has 4 rings (SSSR count). The molecule has 2 heteroatoms. The highest BCUT2D eigenvalue weighted by atomic mass is 16.3. The van der Waals surface area contributed by atoms with E-state index in [0.717, 1.165) is 11.8 Å². The van der Waals surface area contributed by atoms with E-state index in [0.29, 0.717) is 17.8 Å². The predicted molar refractivity (Wildman–Crippen MR) is 55.6 cm³/mol. The third-order valence-electron chi connectivity index (χ3n) is 5.05. The zero-order chi connectivity index (χ0) is 9.87. The molecule has 0 aromatic carbocycles. The molecule has 3 N–H and O–H groups in total. The first kappa shape index (κ1) is 9.17. The molecule has 4 aliphatic carbocycles. The number of aliphatic hydroxyl groups excluding tert-OH is 1. The molecule has 0 spiro atoms. The van der Waals surface area contributed by atoms with Crippen LogP contribution in [0.4, 0.5) is 0 Å². The average Bonchev–Trinajstić information content (AvgIpc) is 2.12.